The lowest BCUT2D eigenvalue weighted by Crippen LogP contribution is -2.19. The quantitative estimate of drug-likeness (QED) is 0.669. The summed E-state index contributed by atoms with van der Waals surface area (Å²) in [7, 11) is 0. The highest BCUT2D eigenvalue weighted by Gasteiger charge is 2.09. The maximum Gasteiger partial charge on any atom is 0.275 e. The smallest absolute Gasteiger partial charge is 0.275 e. The Labute approximate surface area is 125 Å². The van der Waals surface area contributed by atoms with Crippen molar-refractivity contribution in [2.24, 2.45) is 5.10 Å². The van der Waals surface area contributed by atoms with Gasteiger partial charge in [0.1, 0.15) is 5.75 Å². The highest BCUT2D eigenvalue weighted by atomic mass is 79.9. The molecule has 102 valence electrons. The standard InChI is InChI=1S/C15H13BrN2O2/c1-10(11-5-4-6-12(16)9-11)17-18-15(20)13-7-2-3-8-14(13)19/h2-9,19H,1H3,(H,18,20)/b17-10-. The van der Waals surface area contributed by atoms with Gasteiger partial charge in [-0.05, 0) is 36.8 Å². The minimum atomic E-state index is -0.447. The first-order valence-electron chi connectivity index (χ1n) is 5.96. The van der Waals surface area contributed by atoms with E-state index in [0.717, 1.165) is 10.0 Å². The van der Waals surface area contributed by atoms with Gasteiger partial charge in [-0.3, -0.25) is 4.79 Å². The molecule has 0 saturated heterocycles. The summed E-state index contributed by atoms with van der Waals surface area (Å²) in [5.41, 5.74) is 4.20. The Morgan fingerprint density at radius 2 is 1.95 bits per heavy atom. The fourth-order valence-corrected chi connectivity index (χ4v) is 2.04. The second-order valence-corrected chi connectivity index (χ2v) is 5.08. The van der Waals surface area contributed by atoms with E-state index in [4.69, 9.17) is 0 Å². The molecule has 4 nitrogen and oxygen atoms in total. The van der Waals surface area contributed by atoms with Gasteiger partial charge >= 0.3 is 0 Å². The Hall–Kier alpha value is -2.14. The van der Waals surface area contributed by atoms with E-state index >= 15 is 0 Å². The van der Waals surface area contributed by atoms with Gasteiger partial charge in [0.05, 0.1) is 11.3 Å². The highest BCUT2D eigenvalue weighted by Crippen LogP contribution is 2.15. The molecule has 0 fully saturated rings. The van der Waals surface area contributed by atoms with Gasteiger partial charge in [-0.1, -0.05) is 40.2 Å². The lowest BCUT2D eigenvalue weighted by atomic mass is 10.1. The largest absolute Gasteiger partial charge is 0.507 e. The zero-order valence-electron chi connectivity index (χ0n) is 10.8. The molecule has 0 aliphatic carbocycles. The third-order valence-corrected chi connectivity index (χ3v) is 3.21. The molecule has 0 aliphatic rings. The van der Waals surface area contributed by atoms with Gasteiger partial charge in [-0.2, -0.15) is 5.10 Å². The number of aromatic hydroxyl groups is 1. The summed E-state index contributed by atoms with van der Waals surface area (Å²) in [5.74, 6) is -0.516. The van der Waals surface area contributed by atoms with Crippen LogP contribution >= 0.6 is 15.9 Å². The number of carbonyl (C=O) groups is 1. The van der Waals surface area contributed by atoms with E-state index < -0.39 is 5.91 Å². The molecular formula is C15H13BrN2O2. The number of carbonyl (C=O) groups excluding carboxylic acids is 1. The third kappa shape index (κ3) is 3.45. The molecule has 0 atom stereocenters. The summed E-state index contributed by atoms with van der Waals surface area (Å²) in [5, 5.41) is 13.6. The normalized spacial score (nSPS) is 11.2. The molecule has 0 bridgehead atoms. The summed E-state index contributed by atoms with van der Waals surface area (Å²) in [4.78, 5) is 11.9. The summed E-state index contributed by atoms with van der Waals surface area (Å²) in [6.45, 7) is 1.80. The van der Waals surface area contributed by atoms with Gasteiger partial charge in [0.2, 0.25) is 0 Å². The van der Waals surface area contributed by atoms with E-state index in [1.165, 1.54) is 12.1 Å². The second kappa shape index (κ2) is 6.34. The molecular weight excluding hydrogens is 320 g/mol. The van der Waals surface area contributed by atoms with Gasteiger partial charge in [0.25, 0.3) is 5.91 Å². The van der Waals surface area contributed by atoms with Crippen molar-refractivity contribution in [2.45, 2.75) is 6.92 Å². The van der Waals surface area contributed by atoms with E-state index in [9.17, 15) is 9.90 Å². The van der Waals surface area contributed by atoms with Gasteiger partial charge in [-0.25, -0.2) is 5.43 Å². The van der Waals surface area contributed by atoms with Crippen molar-refractivity contribution in [3.8, 4) is 5.75 Å². The monoisotopic (exact) mass is 332 g/mol. The fourth-order valence-electron chi connectivity index (χ4n) is 1.64. The van der Waals surface area contributed by atoms with Crippen molar-refractivity contribution in [1.82, 2.24) is 5.43 Å². The van der Waals surface area contributed by atoms with Gasteiger partial charge < -0.3 is 5.11 Å². The molecule has 2 rings (SSSR count). The molecule has 5 heteroatoms. The summed E-state index contributed by atoms with van der Waals surface area (Å²) >= 11 is 3.38. The van der Waals surface area contributed by atoms with Crippen LogP contribution in [0.4, 0.5) is 0 Å². The summed E-state index contributed by atoms with van der Waals surface area (Å²) in [6.07, 6.45) is 0. The molecule has 2 aromatic carbocycles. The number of benzene rings is 2. The van der Waals surface area contributed by atoms with Crippen LogP contribution in [-0.4, -0.2) is 16.7 Å². The van der Waals surface area contributed by atoms with Crippen LogP contribution in [-0.2, 0) is 0 Å². The predicted octanol–water partition coefficient (Wildman–Crippen LogP) is 3.31. The van der Waals surface area contributed by atoms with E-state index in [2.05, 4.69) is 26.5 Å². The molecule has 2 aromatic rings. The highest BCUT2D eigenvalue weighted by molar-refractivity contribution is 9.10. The molecule has 0 spiro atoms. The number of hydrogen-bond donors (Lipinski definition) is 2. The van der Waals surface area contributed by atoms with Crippen LogP contribution < -0.4 is 5.43 Å². The number of nitrogens with zero attached hydrogens (tertiary/aromatic N) is 1. The molecule has 20 heavy (non-hydrogen) atoms. The number of nitrogens with one attached hydrogen (secondary N) is 1. The van der Waals surface area contributed by atoms with Crippen LogP contribution in [0.5, 0.6) is 5.75 Å². The third-order valence-electron chi connectivity index (χ3n) is 2.72. The molecule has 0 unspecified atom stereocenters. The average Bonchev–Trinajstić information content (AvgIpc) is 2.45. The van der Waals surface area contributed by atoms with Crippen molar-refractivity contribution in [1.29, 1.82) is 0 Å². The van der Waals surface area contributed by atoms with Crippen LogP contribution in [0.25, 0.3) is 0 Å². The van der Waals surface area contributed by atoms with Crippen molar-refractivity contribution < 1.29 is 9.90 Å². The van der Waals surface area contributed by atoms with E-state index in [1.807, 2.05) is 24.3 Å². The van der Waals surface area contributed by atoms with E-state index in [0.29, 0.717) is 5.71 Å². The van der Waals surface area contributed by atoms with Crippen LogP contribution in [0.3, 0.4) is 0 Å². The molecule has 1 amide bonds. The Bertz CT molecular complexity index is 668. The Morgan fingerprint density at radius 1 is 1.20 bits per heavy atom. The van der Waals surface area contributed by atoms with Crippen molar-refractivity contribution in [3.63, 3.8) is 0 Å². The summed E-state index contributed by atoms with van der Waals surface area (Å²) < 4.78 is 0.941. The number of rotatable bonds is 3. The van der Waals surface area contributed by atoms with E-state index in [1.54, 1.807) is 19.1 Å². The van der Waals surface area contributed by atoms with Gasteiger partial charge in [0.15, 0.2) is 0 Å². The van der Waals surface area contributed by atoms with Crippen LogP contribution in [0.1, 0.15) is 22.8 Å². The topological polar surface area (TPSA) is 61.7 Å². The zero-order valence-corrected chi connectivity index (χ0v) is 12.4. The second-order valence-electron chi connectivity index (χ2n) is 4.17. The lowest BCUT2D eigenvalue weighted by Gasteiger charge is -2.04. The zero-order chi connectivity index (χ0) is 14.5. The molecule has 0 aromatic heterocycles. The number of phenols is 1. The van der Waals surface area contributed by atoms with Crippen LogP contribution in [0, 0.1) is 0 Å². The molecule has 0 radical (unpaired) electrons. The Kier molecular flexibility index (Phi) is 4.53. The number of hydrogen-bond acceptors (Lipinski definition) is 3. The predicted molar refractivity (Wildman–Crippen MR) is 81.9 cm³/mol. The maximum atomic E-state index is 11.9. The fraction of sp³-hybridized carbons (Fsp3) is 0.0667. The van der Waals surface area contributed by atoms with Crippen molar-refractivity contribution >= 4 is 27.5 Å². The maximum absolute atomic E-state index is 11.9. The molecule has 0 heterocycles. The van der Waals surface area contributed by atoms with Gasteiger partial charge in [0, 0.05) is 4.47 Å². The van der Waals surface area contributed by atoms with Crippen molar-refractivity contribution in [2.75, 3.05) is 0 Å². The molecule has 0 saturated carbocycles. The SMILES string of the molecule is C/C(=N/NC(=O)c1ccccc1O)c1cccc(Br)c1. The first-order valence-corrected chi connectivity index (χ1v) is 6.76. The molecule has 0 aliphatic heterocycles. The van der Waals surface area contributed by atoms with Crippen LogP contribution in [0.2, 0.25) is 0 Å². The number of halogens is 1. The number of para-hydroxylation sites is 1. The van der Waals surface area contributed by atoms with Crippen LogP contribution in [0.15, 0.2) is 58.1 Å². The average molecular weight is 333 g/mol. The first-order chi connectivity index (χ1) is 9.58. The minimum absolute atomic E-state index is 0.0692. The lowest BCUT2D eigenvalue weighted by molar-refractivity contribution is 0.0952. The number of hydrazone groups is 1. The summed E-state index contributed by atoms with van der Waals surface area (Å²) in [6, 6.07) is 13.9. The van der Waals surface area contributed by atoms with E-state index in [-0.39, 0.29) is 11.3 Å². The number of phenolic OH excluding ortho intramolecular Hbond substituents is 1. The molecule has 2 N–H and O–H groups in total. The first kappa shape index (κ1) is 14.3. The van der Waals surface area contributed by atoms with Gasteiger partial charge in [-0.15, -0.1) is 0 Å². The number of amides is 1. The van der Waals surface area contributed by atoms with Crippen molar-refractivity contribution in [3.05, 3.63) is 64.1 Å². The Morgan fingerprint density at radius 3 is 2.65 bits per heavy atom. The minimum Gasteiger partial charge on any atom is -0.507 e. The Balaban J connectivity index is 2.13.